The Morgan fingerprint density at radius 1 is 1.08 bits per heavy atom. The van der Waals surface area contributed by atoms with Crippen molar-refractivity contribution in [2.24, 2.45) is 0 Å². The molecule has 0 atom stereocenters. The van der Waals surface area contributed by atoms with Gasteiger partial charge in [0, 0.05) is 23.4 Å². The molecule has 3 aromatic rings. The second-order valence-corrected chi connectivity index (χ2v) is 5.45. The first-order chi connectivity index (χ1) is 11.2. The van der Waals surface area contributed by atoms with Crippen LogP contribution in [-0.4, -0.2) is 31.1 Å². The van der Waals surface area contributed by atoms with E-state index in [4.69, 9.17) is 13.6 Å². The van der Waals surface area contributed by atoms with Gasteiger partial charge in [-0.1, -0.05) is 13.8 Å². The molecule has 0 saturated heterocycles. The van der Waals surface area contributed by atoms with Gasteiger partial charge in [0.15, 0.2) is 11.2 Å². The molecule has 0 spiro atoms. The number of nitrogens with zero attached hydrogens (tertiary/aromatic N) is 1. The van der Waals surface area contributed by atoms with Crippen molar-refractivity contribution in [2.45, 2.75) is 20.3 Å². The highest BCUT2D eigenvalue weighted by atomic mass is 79.9. The molecule has 0 aliphatic rings. The number of hydrogen-bond acceptors (Lipinski definition) is 5. The second-order valence-electron chi connectivity index (χ2n) is 5.45. The molecule has 1 aromatic carbocycles. The number of hydrogen-bond donors (Lipinski definition) is 0. The lowest BCUT2D eigenvalue weighted by Crippen LogP contribution is -2.25. The van der Waals surface area contributed by atoms with Crippen LogP contribution >= 0.6 is 17.0 Å². The molecule has 0 aliphatic carbocycles. The van der Waals surface area contributed by atoms with Crippen molar-refractivity contribution in [1.29, 1.82) is 0 Å². The summed E-state index contributed by atoms with van der Waals surface area (Å²) >= 11 is 0. The summed E-state index contributed by atoms with van der Waals surface area (Å²) in [4.78, 5) is 13.9. The monoisotopic (exact) mass is 395 g/mol. The number of furan rings is 1. The maximum atomic E-state index is 11.5. The predicted molar refractivity (Wildman–Crippen MR) is 100 cm³/mol. The average molecular weight is 396 g/mol. The van der Waals surface area contributed by atoms with E-state index in [-0.39, 0.29) is 17.0 Å². The largest absolute Gasteiger partial charge is 0.486 e. The molecule has 130 valence electrons. The van der Waals surface area contributed by atoms with Crippen LogP contribution in [0.15, 0.2) is 44.2 Å². The fraction of sp³-hybridized carbons (Fsp3) is 0.389. The molecular formula is C18H22BrNO4. The Hall–Kier alpha value is -1.79. The second kappa shape index (κ2) is 8.35. The maximum absolute atomic E-state index is 11.5. The standard InChI is InChI=1S/C18H21NO4.BrH/c1-3-19(4-2)9-5-10-21-18-16-14(8-11-22-16)12-13-6-7-15(20)23-17(13)18;/h6-8,11-12H,3-5,9-10H2,1-2H3;1H. The first kappa shape index (κ1) is 18.5. The highest BCUT2D eigenvalue weighted by Gasteiger charge is 2.14. The summed E-state index contributed by atoms with van der Waals surface area (Å²) in [5, 5.41) is 1.77. The SMILES string of the molecule is Br.CCN(CC)CCCOc1c2occc2cc2ccc(=O)oc12. The van der Waals surface area contributed by atoms with Crippen LogP contribution in [0.3, 0.4) is 0 Å². The molecule has 0 amide bonds. The fourth-order valence-electron chi connectivity index (χ4n) is 2.74. The molecule has 0 aliphatic heterocycles. The number of halogens is 1. The molecule has 2 heterocycles. The summed E-state index contributed by atoms with van der Waals surface area (Å²) in [5.74, 6) is 0.514. The fourth-order valence-corrected chi connectivity index (χ4v) is 2.74. The zero-order valence-electron chi connectivity index (χ0n) is 13.9. The van der Waals surface area contributed by atoms with E-state index < -0.39 is 5.63 Å². The molecule has 0 radical (unpaired) electrons. The van der Waals surface area contributed by atoms with Crippen LogP contribution in [0.5, 0.6) is 5.75 Å². The van der Waals surface area contributed by atoms with Crippen molar-refractivity contribution in [3.8, 4) is 5.75 Å². The van der Waals surface area contributed by atoms with Gasteiger partial charge in [0.2, 0.25) is 5.75 Å². The lowest BCUT2D eigenvalue weighted by atomic mass is 10.1. The van der Waals surface area contributed by atoms with Crippen LogP contribution in [0.2, 0.25) is 0 Å². The quantitative estimate of drug-likeness (QED) is 0.442. The van der Waals surface area contributed by atoms with Crippen LogP contribution in [-0.2, 0) is 0 Å². The first-order valence-electron chi connectivity index (χ1n) is 8.02. The van der Waals surface area contributed by atoms with Crippen molar-refractivity contribution in [3.63, 3.8) is 0 Å². The zero-order chi connectivity index (χ0) is 16.2. The third kappa shape index (κ3) is 3.82. The Labute approximate surface area is 150 Å². The van der Waals surface area contributed by atoms with E-state index in [1.165, 1.54) is 6.07 Å². The average Bonchev–Trinajstić information content (AvgIpc) is 3.02. The van der Waals surface area contributed by atoms with Crippen molar-refractivity contribution in [2.75, 3.05) is 26.2 Å². The van der Waals surface area contributed by atoms with Gasteiger partial charge >= 0.3 is 5.63 Å². The Morgan fingerprint density at radius 2 is 1.83 bits per heavy atom. The van der Waals surface area contributed by atoms with Gasteiger partial charge in [-0.3, -0.25) is 0 Å². The number of rotatable bonds is 7. The molecule has 0 N–H and O–H groups in total. The number of ether oxygens (including phenoxy) is 1. The van der Waals surface area contributed by atoms with Crippen molar-refractivity contribution < 1.29 is 13.6 Å². The topological polar surface area (TPSA) is 55.8 Å². The molecule has 0 bridgehead atoms. The van der Waals surface area contributed by atoms with Gasteiger partial charge in [-0.2, -0.15) is 0 Å². The Kier molecular flexibility index (Phi) is 6.45. The van der Waals surface area contributed by atoms with Crippen molar-refractivity contribution in [3.05, 3.63) is 40.9 Å². The maximum Gasteiger partial charge on any atom is 0.336 e. The van der Waals surface area contributed by atoms with Crippen LogP contribution < -0.4 is 10.4 Å². The van der Waals surface area contributed by atoms with Crippen LogP contribution in [0.1, 0.15) is 20.3 Å². The lowest BCUT2D eigenvalue weighted by molar-refractivity contribution is 0.249. The van der Waals surface area contributed by atoms with Crippen molar-refractivity contribution in [1.82, 2.24) is 4.90 Å². The molecular weight excluding hydrogens is 374 g/mol. The highest BCUT2D eigenvalue weighted by molar-refractivity contribution is 8.93. The summed E-state index contributed by atoms with van der Waals surface area (Å²) in [6.45, 7) is 7.88. The van der Waals surface area contributed by atoms with Gasteiger partial charge in [-0.25, -0.2) is 4.79 Å². The summed E-state index contributed by atoms with van der Waals surface area (Å²) < 4.78 is 16.8. The van der Waals surface area contributed by atoms with E-state index in [2.05, 4.69) is 18.7 Å². The third-order valence-corrected chi connectivity index (χ3v) is 4.04. The van der Waals surface area contributed by atoms with Gasteiger partial charge < -0.3 is 18.5 Å². The number of fused-ring (bicyclic) bond motifs is 2. The molecule has 5 nitrogen and oxygen atoms in total. The summed E-state index contributed by atoms with van der Waals surface area (Å²) in [7, 11) is 0. The minimum absolute atomic E-state index is 0. The van der Waals surface area contributed by atoms with E-state index in [0.717, 1.165) is 36.8 Å². The molecule has 24 heavy (non-hydrogen) atoms. The van der Waals surface area contributed by atoms with E-state index >= 15 is 0 Å². The van der Waals surface area contributed by atoms with Crippen LogP contribution in [0.25, 0.3) is 21.9 Å². The molecule has 3 rings (SSSR count). The van der Waals surface area contributed by atoms with Gasteiger partial charge in [0.05, 0.1) is 12.9 Å². The molecule has 2 aromatic heterocycles. The Balaban J connectivity index is 0.00000208. The third-order valence-electron chi connectivity index (χ3n) is 4.04. The summed E-state index contributed by atoms with van der Waals surface area (Å²) in [6.07, 6.45) is 2.52. The molecule has 6 heteroatoms. The Morgan fingerprint density at radius 3 is 2.58 bits per heavy atom. The first-order valence-corrected chi connectivity index (χ1v) is 8.02. The van der Waals surface area contributed by atoms with Gasteiger partial charge in [-0.15, -0.1) is 17.0 Å². The van der Waals surface area contributed by atoms with E-state index in [1.54, 1.807) is 12.3 Å². The lowest BCUT2D eigenvalue weighted by Gasteiger charge is -2.17. The van der Waals surface area contributed by atoms with Gasteiger partial charge in [-0.05, 0) is 37.7 Å². The van der Waals surface area contributed by atoms with E-state index in [9.17, 15) is 4.79 Å². The summed E-state index contributed by atoms with van der Waals surface area (Å²) in [6, 6.07) is 6.97. The van der Waals surface area contributed by atoms with Gasteiger partial charge in [0.25, 0.3) is 0 Å². The molecule has 0 fully saturated rings. The predicted octanol–water partition coefficient (Wildman–Crippen LogP) is 4.23. The van der Waals surface area contributed by atoms with Crippen LogP contribution in [0.4, 0.5) is 0 Å². The zero-order valence-corrected chi connectivity index (χ0v) is 15.6. The van der Waals surface area contributed by atoms with Crippen molar-refractivity contribution >= 4 is 38.9 Å². The van der Waals surface area contributed by atoms with Gasteiger partial charge in [0.1, 0.15) is 0 Å². The van der Waals surface area contributed by atoms with E-state index in [0.29, 0.717) is 23.5 Å². The molecule has 0 unspecified atom stereocenters. The molecule has 0 saturated carbocycles. The smallest absolute Gasteiger partial charge is 0.336 e. The van der Waals surface area contributed by atoms with Crippen LogP contribution in [0, 0.1) is 0 Å². The normalized spacial score (nSPS) is 11.1. The minimum Gasteiger partial charge on any atom is -0.486 e. The minimum atomic E-state index is -0.392. The Bertz CT molecular complexity index is 851. The summed E-state index contributed by atoms with van der Waals surface area (Å²) in [5.41, 5.74) is 0.675. The highest BCUT2D eigenvalue weighted by Crippen LogP contribution is 2.34. The number of benzene rings is 1. The van der Waals surface area contributed by atoms with E-state index in [1.807, 2.05) is 12.1 Å².